The smallest absolute Gasteiger partial charge is 0.00150 e. The van der Waals surface area contributed by atoms with E-state index in [9.17, 15) is 0 Å². The van der Waals surface area contributed by atoms with Gasteiger partial charge >= 0.3 is 0 Å². The predicted octanol–water partition coefficient (Wildman–Crippen LogP) is 3.06. The maximum absolute atomic E-state index is 3.58. The molecular formula is C13H25N. The fourth-order valence-electron chi connectivity index (χ4n) is 3.67. The van der Waals surface area contributed by atoms with Gasteiger partial charge in [0.1, 0.15) is 0 Å². The average molecular weight is 195 g/mol. The van der Waals surface area contributed by atoms with E-state index in [1.54, 1.807) is 0 Å². The summed E-state index contributed by atoms with van der Waals surface area (Å²) in [7, 11) is 0. The van der Waals surface area contributed by atoms with Crippen LogP contribution in [-0.4, -0.2) is 13.1 Å². The van der Waals surface area contributed by atoms with Gasteiger partial charge in [-0.25, -0.2) is 0 Å². The van der Waals surface area contributed by atoms with Gasteiger partial charge in [-0.3, -0.25) is 0 Å². The van der Waals surface area contributed by atoms with Gasteiger partial charge in [0.25, 0.3) is 0 Å². The molecule has 1 nitrogen and oxygen atoms in total. The first-order valence-electron chi connectivity index (χ1n) is 6.36. The molecular weight excluding hydrogens is 170 g/mol. The van der Waals surface area contributed by atoms with Crippen LogP contribution in [0.1, 0.15) is 46.5 Å². The molecule has 0 amide bonds. The molecule has 0 aromatic carbocycles. The van der Waals surface area contributed by atoms with Crippen molar-refractivity contribution in [3.63, 3.8) is 0 Å². The van der Waals surface area contributed by atoms with Gasteiger partial charge in [-0.2, -0.15) is 0 Å². The van der Waals surface area contributed by atoms with Gasteiger partial charge in [0.2, 0.25) is 0 Å². The van der Waals surface area contributed by atoms with E-state index in [4.69, 9.17) is 0 Å². The minimum absolute atomic E-state index is 0.746. The van der Waals surface area contributed by atoms with Crippen LogP contribution < -0.4 is 5.32 Å². The zero-order valence-electron chi connectivity index (χ0n) is 9.97. The Hall–Kier alpha value is -0.0400. The Labute approximate surface area is 88.7 Å². The van der Waals surface area contributed by atoms with E-state index in [1.165, 1.54) is 38.8 Å². The van der Waals surface area contributed by atoms with Crippen LogP contribution in [0, 0.1) is 23.2 Å². The maximum atomic E-state index is 3.58. The number of rotatable bonds is 2. The molecule has 1 saturated heterocycles. The molecule has 2 fully saturated rings. The third kappa shape index (κ3) is 1.60. The van der Waals surface area contributed by atoms with Crippen LogP contribution in [-0.2, 0) is 0 Å². The van der Waals surface area contributed by atoms with Crippen molar-refractivity contribution in [1.82, 2.24) is 5.32 Å². The monoisotopic (exact) mass is 195 g/mol. The van der Waals surface area contributed by atoms with Crippen molar-refractivity contribution in [1.29, 1.82) is 0 Å². The topological polar surface area (TPSA) is 12.0 Å². The zero-order chi connectivity index (χ0) is 10.2. The molecule has 2 rings (SSSR count). The van der Waals surface area contributed by atoms with E-state index in [-0.39, 0.29) is 0 Å². The molecule has 0 aromatic rings. The summed E-state index contributed by atoms with van der Waals surface area (Å²) in [6.45, 7) is 9.75. The van der Waals surface area contributed by atoms with Crippen LogP contribution in [0.2, 0.25) is 0 Å². The van der Waals surface area contributed by atoms with Crippen LogP contribution in [0.4, 0.5) is 0 Å². The van der Waals surface area contributed by atoms with Crippen molar-refractivity contribution >= 4 is 0 Å². The quantitative estimate of drug-likeness (QED) is 0.714. The molecule has 2 aliphatic rings. The van der Waals surface area contributed by atoms with Crippen molar-refractivity contribution in [2.45, 2.75) is 46.5 Å². The van der Waals surface area contributed by atoms with Gasteiger partial charge in [-0.05, 0) is 61.9 Å². The van der Waals surface area contributed by atoms with Crippen LogP contribution >= 0.6 is 0 Å². The average Bonchev–Trinajstić information content (AvgIpc) is 2.15. The largest absolute Gasteiger partial charge is 0.316 e. The van der Waals surface area contributed by atoms with E-state index in [2.05, 4.69) is 26.1 Å². The highest BCUT2D eigenvalue weighted by atomic mass is 14.9. The van der Waals surface area contributed by atoms with Crippen LogP contribution in [0.25, 0.3) is 0 Å². The second-order valence-corrected chi connectivity index (χ2v) is 5.95. The van der Waals surface area contributed by atoms with Crippen molar-refractivity contribution in [3.8, 4) is 0 Å². The number of nitrogens with one attached hydrogen (secondary N) is 1. The van der Waals surface area contributed by atoms with Gasteiger partial charge in [0.15, 0.2) is 0 Å². The molecule has 0 radical (unpaired) electrons. The maximum Gasteiger partial charge on any atom is -0.00150 e. The van der Waals surface area contributed by atoms with Gasteiger partial charge in [0, 0.05) is 0 Å². The molecule has 3 unspecified atom stereocenters. The Balaban J connectivity index is 2.04. The summed E-state index contributed by atoms with van der Waals surface area (Å²) < 4.78 is 0. The van der Waals surface area contributed by atoms with Crippen LogP contribution in [0.5, 0.6) is 0 Å². The standard InChI is InChI=1S/C13H25N/c1-10(2)8-12-9-14-7-6-13(12)5-4-11(13)3/h10-12,14H,4-9H2,1-3H3. The summed E-state index contributed by atoms with van der Waals surface area (Å²) in [6, 6.07) is 0. The van der Waals surface area contributed by atoms with Crippen LogP contribution in [0.3, 0.4) is 0 Å². The van der Waals surface area contributed by atoms with Crippen LogP contribution in [0.15, 0.2) is 0 Å². The van der Waals surface area contributed by atoms with Gasteiger partial charge in [-0.15, -0.1) is 0 Å². The Morgan fingerprint density at radius 3 is 2.64 bits per heavy atom. The summed E-state index contributed by atoms with van der Waals surface area (Å²) in [5.41, 5.74) is 0.746. The molecule has 3 atom stereocenters. The summed E-state index contributed by atoms with van der Waals surface area (Å²) in [6.07, 6.45) is 5.85. The lowest BCUT2D eigenvalue weighted by Crippen LogP contribution is -2.53. The van der Waals surface area contributed by atoms with E-state index in [0.717, 1.165) is 23.2 Å². The SMILES string of the molecule is CC(C)CC1CNCCC12CCC2C. The summed E-state index contributed by atoms with van der Waals surface area (Å²) >= 11 is 0. The molecule has 1 aliphatic carbocycles. The van der Waals surface area contributed by atoms with Crippen molar-refractivity contribution in [3.05, 3.63) is 0 Å². The van der Waals surface area contributed by atoms with E-state index >= 15 is 0 Å². The predicted molar refractivity (Wildman–Crippen MR) is 61.3 cm³/mol. The lowest BCUT2D eigenvalue weighted by molar-refractivity contribution is -0.0535. The molecule has 0 aromatic heterocycles. The lowest BCUT2D eigenvalue weighted by atomic mass is 9.51. The third-order valence-electron chi connectivity index (χ3n) is 4.75. The normalized spacial score (nSPS) is 42.9. The molecule has 1 heterocycles. The van der Waals surface area contributed by atoms with E-state index in [0.29, 0.717) is 0 Å². The van der Waals surface area contributed by atoms with Gasteiger partial charge in [-0.1, -0.05) is 20.8 Å². The summed E-state index contributed by atoms with van der Waals surface area (Å²) in [4.78, 5) is 0. The molecule has 82 valence electrons. The molecule has 0 bridgehead atoms. The molecule has 1 saturated carbocycles. The number of hydrogen-bond donors (Lipinski definition) is 1. The minimum atomic E-state index is 0.746. The first-order chi connectivity index (χ1) is 6.65. The van der Waals surface area contributed by atoms with Crippen molar-refractivity contribution in [2.24, 2.45) is 23.2 Å². The summed E-state index contributed by atoms with van der Waals surface area (Å²) in [5, 5.41) is 3.58. The zero-order valence-corrected chi connectivity index (χ0v) is 9.97. The molecule has 14 heavy (non-hydrogen) atoms. The first kappa shape index (κ1) is 10.5. The Morgan fingerprint density at radius 2 is 2.14 bits per heavy atom. The molecule has 1 heteroatoms. The fraction of sp³-hybridized carbons (Fsp3) is 1.00. The highest BCUT2D eigenvalue weighted by Crippen LogP contribution is 2.56. The molecule has 1 aliphatic heterocycles. The van der Waals surface area contributed by atoms with E-state index < -0.39 is 0 Å². The second kappa shape index (κ2) is 3.84. The Morgan fingerprint density at radius 1 is 1.36 bits per heavy atom. The Kier molecular flexibility index (Phi) is 2.88. The van der Waals surface area contributed by atoms with Crippen molar-refractivity contribution in [2.75, 3.05) is 13.1 Å². The minimum Gasteiger partial charge on any atom is -0.316 e. The van der Waals surface area contributed by atoms with Gasteiger partial charge < -0.3 is 5.32 Å². The third-order valence-corrected chi connectivity index (χ3v) is 4.75. The Bertz CT molecular complexity index is 199. The van der Waals surface area contributed by atoms with Crippen molar-refractivity contribution < 1.29 is 0 Å². The molecule has 1 spiro atoms. The lowest BCUT2D eigenvalue weighted by Gasteiger charge is -2.56. The number of piperidine rings is 1. The summed E-state index contributed by atoms with van der Waals surface area (Å²) in [5.74, 6) is 2.82. The molecule has 1 N–H and O–H groups in total. The second-order valence-electron chi connectivity index (χ2n) is 5.95. The first-order valence-corrected chi connectivity index (χ1v) is 6.36. The highest BCUT2D eigenvalue weighted by molar-refractivity contribution is 5.01. The van der Waals surface area contributed by atoms with Gasteiger partial charge in [0.05, 0.1) is 0 Å². The van der Waals surface area contributed by atoms with E-state index in [1.807, 2.05) is 0 Å². The fourth-order valence-corrected chi connectivity index (χ4v) is 3.67. The highest BCUT2D eigenvalue weighted by Gasteiger charge is 2.50. The number of hydrogen-bond acceptors (Lipinski definition) is 1.